The molecule has 0 bridgehead atoms. The van der Waals surface area contributed by atoms with Crippen molar-refractivity contribution in [1.29, 1.82) is 0 Å². The number of carbonyl (C=O) groups excluding carboxylic acids is 1. The second kappa shape index (κ2) is 7.32. The summed E-state index contributed by atoms with van der Waals surface area (Å²) < 4.78 is 21.6. The molecule has 3 aromatic rings. The fraction of sp³-hybridized carbons (Fsp3) is 0.316. The number of rotatable bonds is 4. The number of hydrogen-bond acceptors (Lipinski definition) is 5. The molecule has 4 rings (SSSR count). The SMILES string of the molecule is NCc1cc(C(=O)Nc2ccc(F)c(-c3nnc4n3CCCCC4)c2)co1. The molecule has 1 aliphatic rings. The fourth-order valence-corrected chi connectivity index (χ4v) is 3.27. The highest BCUT2D eigenvalue weighted by molar-refractivity contribution is 6.04. The van der Waals surface area contributed by atoms with E-state index in [9.17, 15) is 9.18 Å². The molecule has 0 saturated heterocycles. The largest absolute Gasteiger partial charge is 0.467 e. The van der Waals surface area contributed by atoms with Gasteiger partial charge in [-0.1, -0.05) is 6.42 Å². The van der Waals surface area contributed by atoms with E-state index >= 15 is 0 Å². The van der Waals surface area contributed by atoms with Crippen LogP contribution in [0.1, 0.15) is 41.2 Å². The zero-order chi connectivity index (χ0) is 18.8. The molecule has 0 atom stereocenters. The van der Waals surface area contributed by atoms with Crippen molar-refractivity contribution >= 4 is 11.6 Å². The van der Waals surface area contributed by atoms with Crippen LogP contribution in [0.15, 0.2) is 34.9 Å². The topological polar surface area (TPSA) is 99.0 Å². The fourth-order valence-electron chi connectivity index (χ4n) is 3.27. The van der Waals surface area contributed by atoms with E-state index in [0.29, 0.717) is 28.4 Å². The summed E-state index contributed by atoms with van der Waals surface area (Å²) in [6.45, 7) is 0.983. The Kier molecular flexibility index (Phi) is 4.72. The highest BCUT2D eigenvalue weighted by atomic mass is 19.1. The number of aromatic nitrogens is 3. The number of furan rings is 1. The summed E-state index contributed by atoms with van der Waals surface area (Å²) in [4.78, 5) is 12.4. The van der Waals surface area contributed by atoms with Gasteiger partial charge in [0.2, 0.25) is 0 Å². The van der Waals surface area contributed by atoms with Gasteiger partial charge in [-0.25, -0.2) is 4.39 Å². The molecule has 7 nitrogen and oxygen atoms in total. The molecule has 27 heavy (non-hydrogen) atoms. The molecule has 0 spiro atoms. The van der Waals surface area contributed by atoms with Crippen molar-refractivity contribution in [3.8, 4) is 11.4 Å². The first kappa shape index (κ1) is 17.4. The molecule has 140 valence electrons. The molecule has 1 amide bonds. The Labute approximate surface area is 155 Å². The zero-order valence-electron chi connectivity index (χ0n) is 14.7. The highest BCUT2D eigenvalue weighted by Gasteiger charge is 2.19. The molecule has 0 saturated carbocycles. The summed E-state index contributed by atoms with van der Waals surface area (Å²) in [5.41, 5.74) is 6.64. The van der Waals surface area contributed by atoms with Crippen molar-refractivity contribution in [1.82, 2.24) is 14.8 Å². The number of aryl methyl sites for hydroxylation is 1. The standard InChI is InChI=1S/C19H20FN5O2/c20-16-6-5-13(22-19(26)12-8-14(10-21)27-11-12)9-15(16)18-24-23-17-4-2-1-3-7-25(17)18/h5-6,8-9,11H,1-4,7,10,21H2,(H,22,26). The van der Waals surface area contributed by atoms with Crippen molar-refractivity contribution < 1.29 is 13.6 Å². The Morgan fingerprint density at radius 3 is 2.96 bits per heavy atom. The van der Waals surface area contributed by atoms with Gasteiger partial charge >= 0.3 is 0 Å². The number of nitrogens with two attached hydrogens (primary N) is 1. The minimum Gasteiger partial charge on any atom is -0.467 e. The molecule has 0 fully saturated rings. The molecule has 0 radical (unpaired) electrons. The molecule has 1 aromatic carbocycles. The summed E-state index contributed by atoms with van der Waals surface area (Å²) >= 11 is 0. The predicted octanol–water partition coefficient (Wildman–Crippen LogP) is 3.11. The van der Waals surface area contributed by atoms with Crippen molar-refractivity contribution in [2.75, 3.05) is 5.32 Å². The van der Waals surface area contributed by atoms with Crippen LogP contribution in [-0.2, 0) is 19.5 Å². The lowest BCUT2D eigenvalue weighted by Crippen LogP contribution is -2.11. The molecular weight excluding hydrogens is 349 g/mol. The maximum atomic E-state index is 14.5. The summed E-state index contributed by atoms with van der Waals surface area (Å²) in [5, 5.41) is 11.2. The van der Waals surface area contributed by atoms with Crippen LogP contribution in [0.3, 0.4) is 0 Å². The van der Waals surface area contributed by atoms with Crippen LogP contribution in [0, 0.1) is 5.82 Å². The van der Waals surface area contributed by atoms with Gasteiger partial charge in [0.15, 0.2) is 5.82 Å². The van der Waals surface area contributed by atoms with E-state index < -0.39 is 5.82 Å². The summed E-state index contributed by atoms with van der Waals surface area (Å²) in [6.07, 6.45) is 5.39. The number of halogens is 1. The average Bonchev–Trinajstić information content (AvgIpc) is 3.25. The van der Waals surface area contributed by atoms with Gasteiger partial charge in [0, 0.05) is 18.7 Å². The molecule has 8 heteroatoms. The van der Waals surface area contributed by atoms with E-state index in [1.54, 1.807) is 12.1 Å². The van der Waals surface area contributed by atoms with E-state index in [4.69, 9.17) is 10.2 Å². The van der Waals surface area contributed by atoms with Crippen molar-refractivity contribution in [3.05, 3.63) is 53.5 Å². The summed E-state index contributed by atoms with van der Waals surface area (Å²) in [5.74, 6) is 1.14. The van der Waals surface area contributed by atoms with E-state index in [-0.39, 0.29) is 12.5 Å². The molecule has 0 aliphatic carbocycles. The van der Waals surface area contributed by atoms with Crippen molar-refractivity contribution in [3.63, 3.8) is 0 Å². The maximum Gasteiger partial charge on any atom is 0.258 e. The van der Waals surface area contributed by atoms with E-state index in [1.165, 1.54) is 18.4 Å². The zero-order valence-corrected chi connectivity index (χ0v) is 14.7. The second-order valence-corrected chi connectivity index (χ2v) is 6.56. The van der Waals surface area contributed by atoms with Crippen LogP contribution in [-0.4, -0.2) is 20.7 Å². The van der Waals surface area contributed by atoms with Crippen LogP contribution in [0.25, 0.3) is 11.4 Å². The number of carbonyl (C=O) groups is 1. The Morgan fingerprint density at radius 1 is 1.26 bits per heavy atom. The minimum absolute atomic E-state index is 0.214. The number of anilines is 1. The first-order chi connectivity index (χ1) is 13.2. The lowest BCUT2D eigenvalue weighted by Gasteiger charge is -2.10. The van der Waals surface area contributed by atoms with E-state index in [2.05, 4.69) is 15.5 Å². The number of nitrogens with zero attached hydrogens (tertiary/aromatic N) is 3. The molecule has 3 N–H and O–H groups in total. The second-order valence-electron chi connectivity index (χ2n) is 6.56. The summed E-state index contributed by atoms with van der Waals surface area (Å²) in [7, 11) is 0. The number of benzene rings is 1. The first-order valence-corrected chi connectivity index (χ1v) is 8.96. The maximum absolute atomic E-state index is 14.5. The van der Waals surface area contributed by atoms with Gasteiger partial charge in [0.1, 0.15) is 23.7 Å². The van der Waals surface area contributed by atoms with Crippen LogP contribution >= 0.6 is 0 Å². The Bertz CT molecular complexity index is 978. The highest BCUT2D eigenvalue weighted by Crippen LogP contribution is 2.27. The molecule has 1 aliphatic heterocycles. The summed E-state index contributed by atoms with van der Waals surface area (Å²) in [6, 6.07) is 6.00. The number of nitrogens with one attached hydrogen (secondary N) is 1. The van der Waals surface area contributed by atoms with Crippen LogP contribution in [0.5, 0.6) is 0 Å². The van der Waals surface area contributed by atoms with Gasteiger partial charge in [-0.15, -0.1) is 10.2 Å². The Hall–Kier alpha value is -3.00. The molecular formula is C19H20FN5O2. The smallest absolute Gasteiger partial charge is 0.258 e. The molecule has 0 unspecified atom stereocenters. The number of amides is 1. The third-order valence-electron chi connectivity index (χ3n) is 4.69. The van der Waals surface area contributed by atoms with Crippen LogP contribution < -0.4 is 11.1 Å². The first-order valence-electron chi connectivity index (χ1n) is 8.96. The Morgan fingerprint density at radius 2 is 2.15 bits per heavy atom. The minimum atomic E-state index is -0.402. The van der Waals surface area contributed by atoms with Gasteiger partial charge in [0.25, 0.3) is 5.91 Å². The van der Waals surface area contributed by atoms with Gasteiger partial charge in [-0.3, -0.25) is 4.79 Å². The van der Waals surface area contributed by atoms with Gasteiger partial charge in [-0.2, -0.15) is 0 Å². The number of fused-ring (bicyclic) bond motifs is 1. The molecule has 2 aromatic heterocycles. The van der Waals surface area contributed by atoms with E-state index in [1.807, 2.05) is 4.57 Å². The van der Waals surface area contributed by atoms with Crippen molar-refractivity contribution in [2.45, 2.75) is 38.8 Å². The lowest BCUT2D eigenvalue weighted by molar-refractivity contribution is 0.102. The van der Waals surface area contributed by atoms with Crippen molar-refractivity contribution in [2.24, 2.45) is 5.73 Å². The third-order valence-corrected chi connectivity index (χ3v) is 4.69. The Balaban J connectivity index is 1.62. The van der Waals surface area contributed by atoms with Crippen LogP contribution in [0.4, 0.5) is 10.1 Å². The lowest BCUT2D eigenvalue weighted by atomic mass is 10.1. The number of hydrogen-bond donors (Lipinski definition) is 2. The van der Waals surface area contributed by atoms with E-state index in [0.717, 1.165) is 38.1 Å². The third kappa shape index (κ3) is 3.48. The van der Waals surface area contributed by atoms with Gasteiger partial charge in [0.05, 0.1) is 17.7 Å². The normalized spacial score (nSPS) is 13.9. The molecule has 3 heterocycles. The van der Waals surface area contributed by atoms with Gasteiger partial charge < -0.3 is 20.0 Å². The van der Waals surface area contributed by atoms with Gasteiger partial charge in [-0.05, 0) is 37.1 Å². The quantitative estimate of drug-likeness (QED) is 0.736. The monoisotopic (exact) mass is 369 g/mol. The average molecular weight is 369 g/mol. The van der Waals surface area contributed by atoms with Crippen LogP contribution in [0.2, 0.25) is 0 Å². The predicted molar refractivity (Wildman–Crippen MR) is 97.5 cm³/mol.